The van der Waals surface area contributed by atoms with Crippen molar-refractivity contribution in [2.24, 2.45) is 0 Å². The second-order valence-corrected chi connectivity index (χ2v) is 16.3. The molecule has 3 aromatic heterocycles. The molecule has 53 heavy (non-hydrogen) atoms. The molecule has 2 aliphatic rings. The van der Waals surface area contributed by atoms with Gasteiger partial charge in [-0.05, 0) is 135 Å². The minimum atomic E-state index is -3.83. The summed E-state index contributed by atoms with van der Waals surface area (Å²) in [6.45, 7) is 18.6. The Labute approximate surface area is 335 Å². The molecule has 0 fully saturated rings. The smallest absolute Gasteiger partial charge is 0.240 e. The van der Waals surface area contributed by atoms with Gasteiger partial charge in [0, 0.05) is 66.3 Å². The summed E-state index contributed by atoms with van der Waals surface area (Å²) in [4.78, 5) is 20.8. The summed E-state index contributed by atoms with van der Waals surface area (Å²) >= 11 is 0. The summed E-state index contributed by atoms with van der Waals surface area (Å²) in [6.07, 6.45) is 6.77. The zero-order valence-electron chi connectivity index (χ0n) is 33.6. The van der Waals surface area contributed by atoms with Gasteiger partial charge in [0.15, 0.2) is 0 Å². The van der Waals surface area contributed by atoms with Crippen molar-refractivity contribution >= 4 is 80.0 Å². The summed E-state index contributed by atoms with van der Waals surface area (Å²) in [5.74, 6) is 0. The topological polar surface area (TPSA) is 107 Å². The van der Waals surface area contributed by atoms with E-state index in [4.69, 9.17) is 9.97 Å². The van der Waals surface area contributed by atoms with Crippen LogP contribution in [0.25, 0.3) is 44.1 Å². The first-order valence-corrected chi connectivity index (χ1v) is 21.1. The largest absolute Gasteiger partial charge is 0.355 e. The van der Waals surface area contributed by atoms with E-state index in [1.54, 1.807) is 0 Å². The van der Waals surface area contributed by atoms with Crippen LogP contribution in [0.15, 0.2) is 35.2 Å². The molecule has 3 radical (unpaired) electrons. The molecule has 5 heterocycles. The van der Waals surface area contributed by atoms with E-state index < -0.39 is 15.4 Å². The molecule has 4 aromatic rings. The molecule has 6 rings (SSSR count). The van der Waals surface area contributed by atoms with Crippen molar-refractivity contribution in [3.63, 3.8) is 0 Å². The van der Waals surface area contributed by atoms with Crippen molar-refractivity contribution in [2.45, 2.75) is 117 Å². The molecule has 0 saturated carbocycles. The molecule has 0 unspecified atom stereocenters. The number of benzene rings is 1. The Hall–Kier alpha value is -2.92. The number of aromatic nitrogens is 4. The van der Waals surface area contributed by atoms with Crippen molar-refractivity contribution in [1.82, 2.24) is 29.6 Å². The van der Waals surface area contributed by atoms with Crippen LogP contribution in [0.3, 0.4) is 0 Å². The maximum absolute atomic E-state index is 14.1. The van der Waals surface area contributed by atoms with Crippen LogP contribution < -0.4 is 4.72 Å². The maximum atomic E-state index is 14.1. The van der Waals surface area contributed by atoms with Crippen molar-refractivity contribution in [2.75, 3.05) is 27.2 Å². The normalized spacial score (nSPS) is 14.2. The molecule has 8 bridgehead atoms. The quantitative estimate of drug-likeness (QED) is 0.125. The van der Waals surface area contributed by atoms with E-state index in [2.05, 4.69) is 88.3 Å². The van der Waals surface area contributed by atoms with Crippen LogP contribution in [0.1, 0.15) is 126 Å². The van der Waals surface area contributed by atoms with E-state index in [0.717, 1.165) is 107 Å². The number of sulfonamides is 1. The average molecular weight is 838 g/mol. The second kappa shape index (κ2) is 16.4. The molecular formula is C43H58InN6O2S. The fourth-order valence-electron chi connectivity index (χ4n) is 8.89. The number of fused-ring (bicyclic) bond motifs is 8. The van der Waals surface area contributed by atoms with Crippen LogP contribution in [0.2, 0.25) is 0 Å². The standard InChI is InChI=1S/C43H58N6O2S.In/c1-11-27-28(12-2)37-24-38-31(15-5)32(16-6)41(47-38)33-21-26(52(50,51)44-19-20-49(9)10)22-34-42(33)48-40(43(34,17-7)18-8)25-39-30(14-4)29(13-3)36(46-39)23-35(27)45-37;/h21-25,44,46-47H,11-20H2,1-10H3;. The maximum Gasteiger partial charge on any atom is 0.240 e. The molecule has 0 saturated heterocycles. The van der Waals surface area contributed by atoms with Crippen molar-refractivity contribution in [3.05, 3.63) is 75.2 Å². The van der Waals surface area contributed by atoms with Gasteiger partial charge >= 0.3 is 0 Å². The fraction of sp³-hybridized carbons (Fsp3) is 0.488. The Kier molecular flexibility index (Phi) is 12.8. The fourth-order valence-corrected chi connectivity index (χ4v) is 9.96. The third-order valence-electron chi connectivity index (χ3n) is 11.7. The summed E-state index contributed by atoms with van der Waals surface area (Å²) in [7, 11) is 0.0690. The molecule has 1 aromatic carbocycles. The molecule has 0 amide bonds. The number of H-pyrrole nitrogens is 2. The Morgan fingerprint density at radius 2 is 1.21 bits per heavy atom. The minimum absolute atomic E-state index is 0. The number of allylic oxidation sites excluding steroid dienone is 2. The van der Waals surface area contributed by atoms with E-state index in [1.165, 1.54) is 33.4 Å². The van der Waals surface area contributed by atoms with Gasteiger partial charge in [0.25, 0.3) is 0 Å². The molecule has 8 nitrogen and oxygen atoms in total. The first kappa shape index (κ1) is 41.2. The van der Waals surface area contributed by atoms with Crippen molar-refractivity contribution in [3.8, 4) is 0 Å². The van der Waals surface area contributed by atoms with Gasteiger partial charge in [-0.25, -0.2) is 18.1 Å². The molecule has 0 aliphatic carbocycles. The number of nitrogens with one attached hydrogen (secondary N) is 3. The van der Waals surface area contributed by atoms with Gasteiger partial charge in [0.1, 0.15) is 0 Å². The number of likely N-dealkylation sites (N-methyl/N-ethyl adjacent to an activating group) is 1. The van der Waals surface area contributed by atoms with Gasteiger partial charge in [-0.15, -0.1) is 0 Å². The van der Waals surface area contributed by atoms with Gasteiger partial charge in [0.2, 0.25) is 10.0 Å². The van der Waals surface area contributed by atoms with Crippen LogP contribution in [0, 0.1) is 0 Å². The molecule has 2 aliphatic heterocycles. The summed E-state index contributed by atoms with van der Waals surface area (Å²) in [5.41, 5.74) is 16.2. The Balaban J connectivity index is 0.00000541. The van der Waals surface area contributed by atoms with Crippen LogP contribution in [0.5, 0.6) is 0 Å². The number of nitrogens with zero attached hydrogens (tertiary/aromatic N) is 3. The number of rotatable bonds is 13. The average Bonchev–Trinajstić information content (AvgIpc) is 3.85. The molecule has 3 N–H and O–H groups in total. The Bertz CT molecular complexity index is 2330. The number of aromatic amines is 2. The SMILES string of the molecule is CCC1=C(CC)c2cc3[nH]c(c(CC)c3CC)c3cc(S(=O)(=O)NCCN(C)C)cc4c3nc(cc3[nH]c(cc1n2)c(CC)c3CC)C4(CC)CC.[In]. The zero-order valence-corrected chi connectivity index (χ0v) is 37.7. The molecule has 0 spiro atoms. The van der Waals surface area contributed by atoms with E-state index in [0.29, 0.717) is 13.1 Å². The third-order valence-corrected chi connectivity index (χ3v) is 13.1. The second-order valence-electron chi connectivity index (χ2n) is 14.5. The van der Waals surface area contributed by atoms with Crippen LogP contribution in [-0.2, 0) is 41.1 Å². The monoisotopic (exact) mass is 837 g/mol. The summed E-state index contributed by atoms with van der Waals surface area (Å²) < 4.78 is 31.2. The van der Waals surface area contributed by atoms with E-state index in [9.17, 15) is 8.42 Å². The van der Waals surface area contributed by atoms with Crippen LogP contribution in [0.4, 0.5) is 0 Å². The van der Waals surface area contributed by atoms with Gasteiger partial charge in [-0.2, -0.15) is 0 Å². The van der Waals surface area contributed by atoms with Crippen molar-refractivity contribution in [1.29, 1.82) is 0 Å². The molecule has 10 heteroatoms. The molecule has 0 atom stereocenters. The predicted octanol–water partition coefficient (Wildman–Crippen LogP) is 9.01. The number of aryl methyl sites for hydroxylation is 4. The Morgan fingerprint density at radius 1 is 0.679 bits per heavy atom. The summed E-state index contributed by atoms with van der Waals surface area (Å²) in [5, 5.41) is 0.838. The van der Waals surface area contributed by atoms with Gasteiger partial charge < -0.3 is 14.9 Å². The predicted molar refractivity (Wildman–Crippen MR) is 224 cm³/mol. The molecular weight excluding hydrogens is 779 g/mol. The first-order valence-electron chi connectivity index (χ1n) is 19.6. The number of hydrogen-bond acceptors (Lipinski definition) is 5. The summed E-state index contributed by atoms with van der Waals surface area (Å²) in [6, 6.07) is 10.5. The van der Waals surface area contributed by atoms with E-state index >= 15 is 0 Å². The number of hydrogen-bond donors (Lipinski definition) is 3. The molecule has 281 valence electrons. The zero-order chi connectivity index (χ0) is 37.5. The van der Waals surface area contributed by atoms with Gasteiger partial charge in [-0.3, -0.25) is 4.98 Å². The van der Waals surface area contributed by atoms with E-state index in [1.807, 2.05) is 31.1 Å². The van der Waals surface area contributed by atoms with Crippen LogP contribution in [-0.4, -0.2) is 86.3 Å². The minimum Gasteiger partial charge on any atom is -0.355 e. The van der Waals surface area contributed by atoms with Crippen LogP contribution >= 0.6 is 0 Å². The van der Waals surface area contributed by atoms with Gasteiger partial charge in [-0.1, -0.05) is 55.4 Å². The van der Waals surface area contributed by atoms with Crippen molar-refractivity contribution < 1.29 is 8.42 Å². The van der Waals surface area contributed by atoms with E-state index in [-0.39, 0.29) is 30.7 Å². The first-order chi connectivity index (χ1) is 24.9. The third kappa shape index (κ3) is 7.07. The van der Waals surface area contributed by atoms with Gasteiger partial charge in [0.05, 0.1) is 33.0 Å². The Morgan fingerprint density at radius 3 is 1.72 bits per heavy atom.